The summed E-state index contributed by atoms with van der Waals surface area (Å²) in [6.45, 7) is 8.79. The molecule has 1 saturated carbocycles. The van der Waals surface area contributed by atoms with Gasteiger partial charge < -0.3 is 24.7 Å². The van der Waals surface area contributed by atoms with E-state index in [9.17, 15) is 14.0 Å². The van der Waals surface area contributed by atoms with Gasteiger partial charge in [-0.15, -0.1) is 0 Å². The number of aromatic nitrogens is 3. The van der Waals surface area contributed by atoms with Gasteiger partial charge >= 0.3 is 7.12 Å². The molecule has 0 radical (unpaired) electrons. The lowest BCUT2D eigenvalue weighted by atomic mass is 9.79. The minimum absolute atomic E-state index is 0.000337. The molecule has 0 unspecified atom stereocenters. The minimum Gasteiger partial charge on any atom is -0.438 e. The summed E-state index contributed by atoms with van der Waals surface area (Å²) in [6.07, 6.45) is 6.94. The lowest BCUT2D eigenvalue weighted by molar-refractivity contribution is 0.00578. The Hall–Kier alpha value is -3.77. The molecule has 44 heavy (non-hydrogen) atoms. The number of carbonyl (C=O) groups is 2. The number of aryl methyl sites for hydroxylation is 2. The molecule has 3 aliphatic rings. The minimum atomic E-state index is -0.638. The standard InChI is InChI=1S/C32H39BFN5O5/c1-31(2)32(3,4)44-33(43-31)20-8-7-10-25(16-20)42-30-26(17-21(34)19-35-30)28(40)36-22-11-13-23(14-12-22)37-29(41)27-18-24-9-5-6-15-39(24)38-27/h7-8,10,16-19,22-23H,5-6,9,11-15H2,1-4H3,(H,36,40)(H,37,41)/t22-,23-. The van der Waals surface area contributed by atoms with Crippen LogP contribution in [0.3, 0.4) is 0 Å². The second-order valence-electron chi connectivity index (χ2n) is 13.0. The van der Waals surface area contributed by atoms with E-state index in [2.05, 4.69) is 20.7 Å². The van der Waals surface area contributed by atoms with Crippen LogP contribution in [0.25, 0.3) is 0 Å². The molecule has 1 aliphatic carbocycles. The number of rotatable bonds is 7. The van der Waals surface area contributed by atoms with Crippen molar-refractivity contribution in [2.24, 2.45) is 0 Å². The summed E-state index contributed by atoms with van der Waals surface area (Å²) in [6, 6.07) is 10.1. The quantitative estimate of drug-likeness (QED) is 0.387. The summed E-state index contributed by atoms with van der Waals surface area (Å²) >= 11 is 0. The molecule has 2 aliphatic heterocycles. The van der Waals surface area contributed by atoms with Crippen LogP contribution in [0, 0.1) is 5.82 Å². The van der Waals surface area contributed by atoms with Crippen molar-refractivity contribution in [3.8, 4) is 11.6 Å². The van der Waals surface area contributed by atoms with Crippen molar-refractivity contribution >= 4 is 24.4 Å². The SMILES string of the molecule is CC1(C)OB(c2cccc(Oc3ncc(F)cc3C(=O)N[C@H]3CC[C@H](NC(=O)c4cc5n(n4)CCCC5)CC3)c2)OC1(C)C. The lowest BCUT2D eigenvalue weighted by Gasteiger charge is -2.32. The highest BCUT2D eigenvalue weighted by Gasteiger charge is 2.51. The molecule has 6 rings (SSSR count). The molecule has 3 aromatic rings. The van der Waals surface area contributed by atoms with Crippen molar-refractivity contribution in [3.63, 3.8) is 0 Å². The van der Waals surface area contributed by atoms with E-state index in [-0.39, 0.29) is 29.4 Å². The number of hydrogen-bond donors (Lipinski definition) is 2. The van der Waals surface area contributed by atoms with Crippen LogP contribution in [-0.4, -0.2) is 57.0 Å². The van der Waals surface area contributed by atoms with Gasteiger partial charge in [0, 0.05) is 24.3 Å². The fourth-order valence-corrected chi connectivity index (χ4v) is 5.92. The van der Waals surface area contributed by atoms with E-state index in [1.54, 1.807) is 18.2 Å². The van der Waals surface area contributed by atoms with Crippen molar-refractivity contribution in [1.82, 2.24) is 25.4 Å². The Morgan fingerprint density at radius 3 is 2.34 bits per heavy atom. The van der Waals surface area contributed by atoms with Crippen molar-refractivity contribution in [1.29, 1.82) is 0 Å². The van der Waals surface area contributed by atoms with Gasteiger partial charge in [-0.2, -0.15) is 5.10 Å². The van der Waals surface area contributed by atoms with E-state index in [4.69, 9.17) is 14.0 Å². The number of hydrogen-bond acceptors (Lipinski definition) is 7. The van der Waals surface area contributed by atoms with Gasteiger partial charge in [-0.25, -0.2) is 9.37 Å². The zero-order valence-corrected chi connectivity index (χ0v) is 25.7. The van der Waals surface area contributed by atoms with Gasteiger partial charge in [-0.3, -0.25) is 14.3 Å². The normalized spacial score (nSPS) is 22.2. The van der Waals surface area contributed by atoms with Crippen molar-refractivity contribution in [3.05, 3.63) is 65.4 Å². The van der Waals surface area contributed by atoms with Crippen molar-refractivity contribution in [2.45, 2.75) is 102 Å². The van der Waals surface area contributed by atoms with Gasteiger partial charge in [-0.1, -0.05) is 12.1 Å². The molecule has 1 saturated heterocycles. The Kier molecular flexibility index (Phi) is 8.23. The van der Waals surface area contributed by atoms with Crippen LogP contribution in [0.5, 0.6) is 11.6 Å². The van der Waals surface area contributed by atoms with Gasteiger partial charge in [0.2, 0.25) is 5.88 Å². The van der Waals surface area contributed by atoms with Gasteiger partial charge in [0.1, 0.15) is 22.8 Å². The molecule has 2 N–H and O–H groups in total. The maximum absolute atomic E-state index is 14.2. The Labute approximate surface area is 257 Å². The number of ether oxygens (including phenoxy) is 1. The molecule has 4 heterocycles. The van der Waals surface area contributed by atoms with Gasteiger partial charge in [0.25, 0.3) is 11.8 Å². The number of amides is 2. The number of nitrogens with zero attached hydrogens (tertiary/aromatic N) is 3. The highest BCUT2D eigenvalue weighted by molar-refractivity contribution is 6.62. The number of benzene rings is 1. The summed E-state index contributed by atoms with van der Waals surface area (Å²) in [5.41, 5.74) is 1.34. The molecule has 0 atom stereocenters. The first-order valence-electron chi connectivity index (χ1n) is 15.4. The second kappa shape index (κ2) is 12.0. The van der Waals surface area contributed by atoms with E-state index < -0.39 is 30.0 Å². The smallest absolute Gasteiger partial charge is 0.438 e. The van der Waals surface area contributed by atoms with Crippen LogP contribution >= 0.6 is 0 Å². The third-order valence-corrected chi connectivity index (χ3v) is 9.21. The number of fused-ring (bicyclic) bond motifs is 1. The fraction of sp³-hybridized carbons (Fsp3) is 0.500. The molecule has 2 aromatic heterocycles. The topological polar surface area (TPSA) is 117 Å². The van der Waals surface area contributed by atoms with Crippen LogP contribution in [0.1, 0.15) is 92.8 Å². The Morgan fingerprint density at radius 1 is 0.977 bits per heavy atom. The highest BCUT2D eigenvalue weighted by atomic mass is 19.1. The van der Waals surface area contributed by atoms with Crippen molar-refractivity contribution in [2.75, 3.05) is 0 Å². The molecule has 10 nitrogen and oxygen atoms in total. The second-order valence-corrected chi connectivity index (χ2v) is 13.0. The fourth-order valence-electron chi connectivity index (χ4n) is 5.92. The molecular weight excluding hydrogens is 564 g/mol. The first-order valence-corrected chi connectivity index (χ1v) is 15.4. The summed E-state index contributed by atoms with van der Waals surface area (Å²) in [5.74, 6) is -0.848. The molecule has 12 heteroatoms. The molecule has 1 aromatic carbocycles. The summed E-state index contributed by atoms with van der Waals surface area (Å²) in [7, 11) is -0.586. The van der Waals surface area contributed by atoms with E-state index in [0.29, 0.717) is 37.1 Å². The Bertz CT molecular complexity index is 1510. The van der Waals surface area contributed by atoms with Crippen LogP contribution in [0.4, 0.5) is 4.39 Å². The summed E-state index contributed by atoms with van der Waals surface area (Å²) in [4.78, 5) is 30.2. The van der Waals surface area contributed by atoms with Crippen LogP contribution in [0.15, 0.2) is 42.6 Å². The summed E-state index contributed by atoms with van der Waals surface area (Å²) in [5, 5.41) is 10.6. The Balaban J connectivity index is 1.06. The maximum atomic E-state index is 14.2. The first-order chi connectivity index (χ1) is 21.0. The first kappa shape index (κ1) is 30.3. The van der Waals surface area contributed by atoms with E-state index in [1.807, 2.05) is 44.5 Å². The molecule has 232 valence electrons. The Morgan fingerprint density at radius 2 is 1.66 bits per heavy atom. The number of pyridine rings is 1. The third-order valence-electron chi connectivity index (χ3n) is 9.21. The molecule has 2 amide bonds. The van der Waals surface area contributed by atoms with Crippen molar-refractivity contribution < 1.29 is 28.0 Å². The predicted molar refractivity (Wildman–Crippen MR) is 163 cm³/mol. The van der Waals surface area contributed by atoms with Crippen LogP contribution in [0.2, 0.25) is 0 Å². The van der Waals surface area contributed by atoms with Gasteiger partial charge in [-0.05, 0) is 102 Å². The summed E-state index contributed by atoms with van der Waals surface area (Å²) < 4.78 is 34.5. The average Bonchev–Trinajstić information content (AvgIpc) is 3.52. The third kappa shape index (κ3) is 6.37. The molecule has 2 fully saturated rings. The van der Waals surface area contributed by atoms with Gasteiger partial charge in [0.15, 0.2) is 0 Å². The van der Waals surface area contributed by atoms with Crippen LogP contribution < -0.4 is 20.8 Å². The lowest BCUT2D eigenvalue weighted by Crippen LogP contribution is -2.44. The maximum Gasteiger partial charge on any atom is 0.494 e. The zero-order chi connectivity index (χ0) is 31.1. The van der Waals surface area contributed by atoms with E-state index >= 15 is 0 Å². The molecular formula is C32H39BFN5O5. The van der Waals surface area contributed by atoms with Crippen LogP contribution in [-0.2, 0) is 22.3 Å². The predicted octanol–water partition coefficient (Wildman–Crippen LogP) is 4.32. The monoisotopic (exact) mass is 603 g/mol. The largest absolute Gasteiger partial charge is 0.494 e. The van der Waals surface area contributed by atoms with E-state index in [0.717, 1.165) is 49.2 Å². The number of nitrogens with one attached hydrogen (secondary N) is 2. The highest BCUT2D eigenvalue weighted by Crippen LogP contribution is 2.37. The number of halogens is 1. The zero-order valence-electron chi connectivity index (χ0n) is 25.7. The molecule has 0 spiro atoms. The number of carbonyl (C=O) groups excluding carboxylic acids is 2. The molecule has 0 bridgehead atoms. The average molecular weight is 604 g/mol. The van der Waals surface area contributed by atoms with Gasteiger partial charge in [0.05, 0.1) is 17.4 Å². The van der Waals surface area contributed by atoms with E-state index in [1.165, 1.54) is 0 Å².